The first-order valence-corrected chi connectivity index (χ1v) is 5.04. The van der Waals surface area contributed by atoms with E-state index in [0.29, 0.717) is 6.04 Å². The second-order valence-corrected chi connectivity index (χ2v) is 3.75. The standard InChI is InChI=1S/C9H11NS/c1-2-6-10-8-11-7-3-5-9(10)4-1/h1-2,4,6,9H,3,7-8H2. The summed E-state index contributed by atoms with van der Waals surface area (Å²) in [6, 6.07) is 0.440. The molecule has 2 radical (unpaired) electrons. The predicted molar refractivity (Wildman–Crippen MR) is 49.1 cm³/mol. The van der Waals surface area contributed by atoms with E-state index in [4.69, 9.17) is 0 Å². The zero-order valence-corrected chi connectivity index (χ0v) is 7.18. The van der Waals surface area contributed by atoms with E-state index < -0.39 is 0 Å². The summed E-state index contributed by atoms with van der Waals surface area (Å²) >= 11 is 1.98. The van der Waals surface area contributed by atoms with Gasteiger partial charge in [0, 0.05) is 12.6 Å². The van der Waals surface area contributed by atoms with Crippen molar-refractivity contribution in [3.63, 3.8) is 0 Å². The fourth-order valence-corrected chi connectivity index (χ4v) is 2.14. The number of hydrogen-bond donors (Lipinski definition) is 0. The highest BCUT2D eigenvalue weighted by atomic mass is 32.2. The van der Waals surface area contributed by atoms with Gasteiger partial charge < -0.3 is 4.90 Å². The van der Waals surface area contributed by atoms with Gasteiger partial charge in [0.1, 0.15) is 0 Å². The Morgan fingerprint density at radius 2 is 2.45 bits per heavy atom. The molecule has 2 rings (SSSR count). The van der Waals surface area contributed by atoms with Gasteiger partial charge in [0.05, 0.1) is 11.9 Å². The molecule has 11 heavy (non-hydrogen) atoms. The normalized spacial score (nSPS) is 29.8. The van der Waals surface area contributed by atoms with E-state index in [1.165, 1.54) is 5.75 Å². The highest BCUT2D eigenvalue weighted by molar-refractivity contribution is 7.99. The second-order valence-electron chi connectivity index (χ2n) is 2.68. The molecular weight excluding hydrogens is 154 g/mol. The van der Waals surface area contributed by atoms with E-state index in [9.17, 15) is 0 Å². The Hall–Kier alpha value is -0.370. The maximum Gasteiger partial charge on any atom is 0.0640 e. The quantitative estimate of drug-likeness (QED) is 0.539. The summed E-state index contributed by atoms with van der Waals surface area (Å²) in [4.78, 5) is 2.32. The molecule has 1 nitrogen and oxygen atoms in total. The molecule has 1 unspecified atom stereocenters. The van der Waals surface area contributed by atoms with E-state index in [-0.39, 0.29) is 0 Å². The number of thioether (sulfide) groups is 1. The monoisotopic (exact) mass is 165 g/mol. The molecule has 0 aromatic carbocycles. The number of hydrogen-bond acceptors (Lipinski definition) is 2. The van der Waals surface area contributed by atoms with Gasteiger partial charge in [0.15, 0.2) is 0 Å². The number of rotatable bonds is 0. The topological polar surface area (TPSA) is 3.24 Å². The van der Waals surface area contributed by atoms with Gasteiger partial charge in [0.2, 0.25) is 0 Å². The van der Waals surface area contributed by atoms with E-state index in [1.54, 1.807) is 0 Å². The Bertz CT molecular complexity index is 166. The van der Waals surface area contributed by atoms with Crippen LogP contribution in [0.25, 0.3) is 0 Å². The molecular formula is C9H11NS. The minimum absolute atomic E-state index is 0.440. The Balaban J connectivity index is 2.07. The Kier molecular flexibility index (Phi) is 2.22. The largest absolute Gasteiger partial charge is 0.361 e. The Morgan fingerprint density at radius 3 is 3.45 bits per heavy atom. The molecule has 0 saturated carbocycles. The van der Waals surface area contributed by atoms with Crippen molar-refractivity contribution in [2.24, 2.45) is 0 Å². The lowest BCUT2D eigenvalue weighted by molar-refractivity contribution is 0.400. The van der Waals surface area contributed by atoms with E-state index in [1.807, 2.05) is 11.8 Å². The highest BCUT2D eigenvalue weighted by Gasteiger charge is 2.17. The molecule has 0 aromatic rings. The van der Waals surface area contributed by atoms with Crippen LogP contribution in [0.4, 0.5) is 0 Å². The van der Waals surface area contributed by atoms with Gasteiger partial charge in [-0.25, -0.2) is 0 Å². The van der Waals surface area contributed by atoms with Gasteiger partial charge in [-0.1, -0.05) is 12.2 Å². The lowest BCUT2D eigenvalue weighted by atomic mass is 10.1. The minimum atomic E-state index is 0.440. The molecule has 2 aliphatic rings. The molecule has 1 atom stereocenters. The van der Waals surface area contributed by atoms with Gasteiger partial charge in [-0.2, -0.15) is 0 Å². The van der Waals surface area contributed by atoms with Crippen LogP contribution in [-0.2, 0) is 0 Å². The van der Waals surface area contributed by atoms with Crippen LogP contribution < -0.4 is 0 Å². The van der Waals surface area contributed by atoms with E-state index in [2.05, 4.69) is 35.7 Å². The van der Waals surface area contributed by atoms with Gasteiger partial charge in [-0.15, -0.1) is 11.8 Å². The molecule has 1 fully saturated rings. The first-order chi connectivity index (χ1) is 5.47. The molecule has 0 N–H and O–H groups in total. The van der Waals surface area contributed by atoms with Crippen molar-refractivity contribution in [1.82, 2.24) is 4.90 Å². The van der Waals surface area contributed by atoms with Gasteiger partial charge in [-0.3, -0.25) is 0 Å². The zero-order valence-electron chi connectivity index (χ0n) is 6.36. The third kappa shape index (κ3) is 1.62. The predicted octanol–water partition coefficient (Wildman–Crippen LogP) is 1.92. The fraction of sp³-hybridized carbons (Fsp3) is 0.444. The third-order valence-electron chi connectivity index (χ3n) is 1.88. The average Bonchev–Trinajstić information content (AvgIpc) is 2.28. The first-order valence-electron chi connectivity index (χ1n) is 3.89. The first kappa shape index (κ1) is 7.29. The van der Waals surface area contributed by atoms with Gasteiger partial charge in [0.25, 0.3) is 0 Å². The summed E-state index contributed by atoms with van der Waals surface area (Å²) < 4.78 is 0. The van der Waals surface area contributed by atoms with Crippen LogP contribution in [-0.4, -0.2) is 22.6 Å². The highest BCUT2D eigenvalue weighted by Crippen LogP contribution is 2.21. The molecule has 2 heterocycles. The number of nitrogens with zero attached hydrogens (tertiary/aromatic N) is 1. The molecule has 2 heteroatoms. The lowest BCUT2D eigenvalue weighted by Gasteiger charge is -2.26. The average molecular weight is 165 g/mol. The van der Waals surface area contributed by atoms with Crippen molar-refractivity contribution in [3.8, 4) is 0 Å². The van der Waals surface area contributed by atoms with Crippen LogP contribution in [0.15, 0.2) is 24.4 Å². The van der Waals surface area contributed by atoms with Crippen molar-refractivity contribution < 1.29 is 0 Å². The lowest BCUT2D eigenvalue weighted by Crippen LogP contribution is -2.28. The Labute approximate surface area is 72.2 Å². The third-order valence-corrected chi connectivity index (χ3v) is 2.85. The summed E-state index contributed by atoms with van der Waals surface area (Å²) in [5.41, 5.74) is 0. The molecule has 2 aliphatic heterocycles. The van der Waals surface area contributed by atoms with Crippen LogP contribution in [0.2, 0.25) is 0 Å². The minimum Gasteiger partial charge on any atom is -0.361 e. The van der Waals surface area contributed by atoms with Gasteiger partial charge >= 0.3 is 0 Å². The maximum atomic E-state index is 3.45. The van der Waals surface area contributed by atoms with Gasteiger partial charge in [-0.05, 0) is 18.2 Å². The summed E-state index contributed by atoms with van der Waals surface area (Å²) in [7, 11) is 0. The van der Waals surface area contributed by atoms with Crippen molar-refractivity contribution in [1.29, 1.82) is 0 Å². The molecule has 0 amide bonds. The molecule has 1 saturated heterocycles. The summed E-state index contributed by atoms with van der Waals surface area (Å²) in [6.45, 7) is 0. The van der Waals surface area contributed by atoms with Crippen molar-refractivity contribution in [2.45, 2.75) is 12.5 Å². The Morgan fingerprint density at radius 1 is 1.45 bits per heavy atom. The van der Waals surface area contributed by atoms with Crippen molar-refractivity contribution in [3.05, 3.63) is 30.8 Å². The SMILES string of the molecule is [C]1CCSCN2C=CC=CC12. The maximum absolute atomic E-state index is 3.45. The summed E-state index contributed by atoms with van der Waals surface area (Å²) in [6.07, 6.45) is 13.1. The molecule has 0 bridgehead atoms. The van der Waals surface area contributed by atoms with Crippen LogP contribution in [0.3, 0.4) is 0 Å². The summed E-state index contributed by atoms with van der Waals surface area (Å²) in [5, 5.41) is 0. The van der Waals surface area contributed by atoms with Crippen molar-refractivity contribution in [2.75, 3.05) is 11.6 Å². The molecule has 0 spiro atoms. The summed E-state index contributed by atoms with van der Waals surface area (Å²) in [5.74, 6) is 2.33. The molecule has 0 aromatic heterocycles. The smallest absolute Gasteiger partial charge is 0.0640 e. The molecule has 0 aliphatic carbocycles. The van der Waals surface area contributed by atoms with Crippen LogP contribution in [0, 0.1) is 6.42 Å². The number of allylic oxidation sites excluding steroid dienone is 2. The molecule has 58 valence electrons. The van der Waals surface area contributed by atoms with Crippen LogP contribution >= 0.6 is 11.8 Å². The fourth-order valence-electron chi connectivity index (χ4n) is 1.29. The second kappa shape index (κ2) is 3.35. The van der Waals surface area contributed by atoms with Crippen molar-refractivity contribution >= 4 is 11.8 Å². The van der Waals surface area contributed by atoms with E-state index in [0.717, 1.165) is 12.3 Å². The van der Waals surface area contributed by atoms with Crippen LogP contribution in [0.1, 0.15) is 6.42 Å². The number of fused-ring (bicyclic) bond motifs is 1. The zero-order chi connectivity index (χ0) is 7.52. The van der Waals surface area contributed by atoms with E-state index >= 15 is 0 Å². The van der Waals surface area contributed by atoms with Crippen LogP contribution in [0.5, 0.6) is 0 Å².